The van der Waals surface area contributed by atoms with Gasteiger partial charge in [0.25, 0.3) is 5.69 Å². The number of halogens is 1. The molecule has 3 N–H and O–H groups in total. The van der Waals surface area contributed by atoms with Crippen LogP contribution in [0.25, 0.3) is 0 Å². The molecule has 1 rings (SSSR count). The molecular formula is C7H9IN2O2. The van der Waals surface area contributed by atoms with Crippen LogP contribution < -0.4 is 29.7 Å². The van der Waals surface area contributed by atoms with Gasteiger partial charge in [0.2, 0.25) is 0 Å². The molecule has 12 heavy (non-hydrogen) atoms. The first-order valence-corrected chi connectivity index (χ1v) is 3.18. The number of nitro benzene ring substituents is 1. The Kier molecular flexibility index (Phi) is 4.11. The maximum Gasteiger partial charge on any atom is 0.270 e. The topological polar surface area (TPSA) is 70.8 Å². The van der Waals surface area contributed by atoms with Crippen molar-refractivity contribution >= 4 is 11.4 Å². The van der Waals surface area contributed by atoms with E-state index in [4.69, 9.17) is 0 Å². The van der Waals surface area contributed by atoms with Crippen molar-refractivity contribution in [3.63, 3.8) is 0 Å². The minimum Gasteiger partial charge on any atom is -1.00 e. The number of benzene rings is 1. The third-order valence-electron chi connectivity index (χ3n) is 1.54. The summed E-state index contributed by atoms with van der Waals surface area (Å²) in [5, 5.41) is 10.2. The van der Waals surface area contributed by atoms with Gasteiger partial charge in [-0.25, -0.2) is 0 Å². The highest BCUT2D eigenvalue weighted by Crippen LogP contribution is 2.16. The lowest BCUT2D eigenvalue weighted by Gasteiger charge is -1.93. The molecule has 0 spiro atoms. The Labute approximate surface area is 86.9 Å². The summed E-state index contributed by atoms with van der Waals surface area (Å²) in [4.78, 5) is 9.84. The van der Waals surface area contributed by atoms with Crippen LogP contribution in [0.5, 0.6) is 0 Å². The summed E-state index contributed by atoms with van der Waals surface area (Å²) in [7, 11) is 0. The normalized spacial score (nSPS) is 8.83. The van der Waals surface area contributed by atoms with E-state index in [0.29, 0.717) is 0 Å². The zero-order valence-electron chi connectivity index (χ0n) is 6.58. The average Bonchev–Trinajstić information content (AvgIpc) is 1.94. The molecule has 0 heterocycles. The largest absolute Gasteiger partial charge is 1.00 e. The highest BCUT2D eigenvalue weighted by atomic mass is 127. The molecule has 0 unspecified atom stereocenters. The number of nitrogens with zero attached hydrogens (tertiary/aromatic N) is 1. The van der Waals surface area contributed by atoms with E-state index in [-0.39, 0.29) is 29.7 Å². The maximum absolute atomic E-state index is 10.2. The molecule has 0 saturated carbocycles. The zero-order chi connectivity index (χ0) is 8.43. The third-order valence-corrected chi connectivity index (χ3v) is 1.54. The molecule has 0 aliphatic heterocycles. The lowest BCUT2D eigenvalue weighted by Crippen LogP contribution is -3.00. The second kappa shape index (κ2) is 4.36. The van der Waals surface area contributed by atoms with Crippen molar-refractivity contribution in [3.05, 3.63) is 33.9 Å². The number of hydrogen-bond acceptors (Lipinski definition) is 2. The van der Waals surface area contributed by atoms with Gasteiger partial charge in [-0.3, -0.25) is 10.1 Å². The van der Waals surface area contributed by atoms with Crippen LogP contribution >= 0.6 is 0 Å². The van der Waals surface area contributed by atoms with Crippen LogP contribution in [-0.4, -0.2) is 4.92 Å². The van der Waals surface area contributed by atoms with E-state index in [1.54, 1.807) is 13.0 Å². The van der Waals surface area contributed by atoms with Gasteiger partial charge < -0.3 is 29.7 Å². The van der Waals surface area contributed by atoms with E-state index in [1.807, 2.05) is 0 Å². The van der Waals surface area contributed by atoms with Gasteiger partial charge in [0.1, 0.15) is 5.69 Å². The lowest BCUT2D eigenvalue weighted by molar-refractivity contribution is -0.385. The van der Waals surface area contributed by atoms with Crippen LogP contribution in [0.3, 0.4) is 0 Å². The molecular weight excluding hydrogens is 271 g/mol. The molecule has 1 aromatic carbocycles. The number of nitro groups is 1. The Morgan fingerprint density at radius 3 is 2.50 bits per heavy atom. The maximum atomic E-state index is 10.2. The van der Waals surface area contributed by atoms with E-state index >= 15 is 0 Å². The van der Waals surface area contributed by atoms with Crippen LogP contribution in [-0.2, 0) is 0 Å². The Morgan fingerprint density at radius 1 is 1.50 bits per heavy atom. The average molecular weight is 280 g/mol. The SMILES string of the molecule is Cc1cc([N+](=O)[O-])ccc1[NH3+].[I-]. The van der Waals surface area contributed by atoms with Crippen molar-refractivity contribution in [3.8, 4) is 0 Å². The first-order valence-electron chi connectivity index (χ1n) is 3.18. The summed E-state index contributed by atoms with van der Waals surface area (Å²) in [5.41, 5.74) is 5.49. The van der Waals surface area contributed by atoms with Crippen molar-refractivity contribution < 1.29 is 34.6 Å². The fourth-order valence-corrected chi connectivity index (χ4v) is 0.794. The predicted octanol–water partition coefficient (Wildman–Crippen LogP) is -2.22. The monoisotopic (exact) mass is 280 g/mol. The summed E-state index contributed by atoms with van der Waals surface area (Å²) in [6, 6.07) is 4.62. The van der Waals surface area contributed by atoms with Crippen LogP contribution in [0.2, 0.25) is 0 Å². The van der Waals surface area contributed by atoms with E-state index < -0.39 is 4.92 Å². The van der Waals surface area contributed by atoms with Crippen LogP contribution in [0.1, 0.15) is 5.56 Å². The predicted molar refractivity (Wildman–Crippen MR) is 40.4 cm³/mol. The first-order chi connectivity index (χ1) is 5.11. The van der Waals surface area contributed by atoms with E-state index in [0.717, 1.165) is 11.3 Å². The Morgan fingerprint density at radius 2 is 2.08 bits per heavy atom. The summed E-state index contributed by atoms with van der Waals surface area (Å²) in [6.07, 6.45) is 0. The number of rotatable bonds is 1. The molecule has 4 nitrogen and oxygen atoms in total. The molecule has 0 aliphatic carbocycles. The lowest BCUT2D eigenvalue weighted by atomic mass is 10.2. The van der Waals surface area contributed by atoms with Gasteiger partial charge in [0.15, 0.2) is 0 Å². The van der Waals surface area contributed by atoms with Gasteiger partial charge in [0, 0.05) is 23.8 Å². The Balaban J connectivity index is 0.00000121. The second-order valence-electron chi connectivity index (χ2n) is 2.37. The second-order valence-corrected chi connectivity index (χ2v) is 2.37. The van der Waals surface area contributed by atoms with E-state index in [1.165, 1.54) is 12.1 Å². The standard InChI is InChI=1S/C7H8N2O2.HI/c1-5-4-6(9(10)11)2-3-7(5)8;/h2-4H,8H2,1H3;1H. The van der Waals surface area contributed by atoms with Crippen LogP contribution in [0.4, 0.5) is 11.4 Å². The van der Waals surface area contributed by atoms with Gasteiger partial charge in [-0.05, 0) is 6.92 Å². The molecule has 0 bridgehead atoms. The quantitative estimate of drug-likeness (QED) is 0.360. The molecule has 0 aromatic heterocycles. The highest BCUT2D eigenvalue weighted by Gasteiger charge is 2.06. The fourth-order valence-electron chi connectivity index (χ4n) is 0.794. The van der Waals surface area contributed by atoms with Crippen molar-refractivity contribution in [1.29, 1.82) is 0 Å². The molecule has 0 radical (unpaired) electrons. The number of non-ortho nitro benzene ring substituents is 1. The summed E-state index contributed by atoms with van der Waals surface area (Å²) in [6.45, 7) is 1.80. The molecule has 66 valence electrons. The molecule has 0 fully saturated rings. The molecule has 0 aliphatic rings. The first kappa shape index (κ1) is 11.3. The number of hydrogen-bond donors (Lipinski definition) is 1. The molecule has 0 atom stereocenters. The summed E-state index contributed by atoms with van der Waals surface area (Å²) < 4.78 is 0. The summed E-state index contributed by atoms with van der Waals surface area (Å²) >= 11 is 0. The Bertz CT molecular complexity index is 301. The molecule has 0 amide bonds. The Hall–Kier alpha value is -0.690. The number of quaternary nitrogens is 1. The summed E-state index contributed by atoms with van der Waals surface area (Å²) in [5.74, 6) is 0. The van der Waals surface area contributed by atoms with E-state index in [9.17, 15) is 10.1 Å². The minimum atomic E-state index is -0.410. The van der Waals surface area contributed by atoms with E-state index in [2.05, 4.69) is 5.73 Å². The number of aryl methyl sites for hydroxylation is 1. The van der Waals surface area contributed by atoms with Gasteiger partial charge in [-0.2, -0.15) is 0 Å². The smallest absolute Gasteiger partial charge is 0.270 e. The third kappa shape index (κ3) is 2.42. The van der Waals surface area contributed by atoms with Crippen LogP contribution in [0.15, 0.2) is 18.2 Å². The van der Waals surface area contributed by atoms with Gasteiger partial charge in [-0.15, -0.1) is 0 Å². The van der Waals surface area contributed by atoms with Crippen molar-refractivity contribution in [2.45, 2.75) is 6.92 Å². The zero-order valence-corrected chi connectivity index (χ0v) is 8.74. The van der Waals surface area contributed by atoms with Gasteiger partial charge in [0.05, 0.1) is 4.92 Å². The fraction of sp³-hybridized carbons (Fsp3) is 0.143. The minimum absolute atomic E-state index is 0. The highest BCUT2D eigenvalue weighted by molar-refractivity contribution is 5.45. The van der Waals surface area contributed by atoms with Gasteiger partial charge in [-0.1, -0.05) is 0 Å². The van der Waals surface area contributed by atoms with Gasteiger partial charge >= 0.3 is 0 Å². The van der Waals surface area contributed by atoms with Crippen molar-refractivity contribution in [2.24, 2.45) is 0 Å². The van der Waals surface area contributed by atoms with Crippen LogP contribution in [0, 0.1) is 17.0 Å². The van der Waals surface area contributed by atoms with Crippen molar-refractivity contribution in [2.75, 3.05) is 0 Å². The molecule has 0 saturated heterocycles. The molecule has 5 heteroatoms. The molecule has 1 aromatic rings. The van der Waals surface area contributed by atoms with Crippen molar-refractivity contribution in [1.82, 2.24) is 0 Å².